The minimum atomic E-state index is 0.225. The Labute approximate surface area is 54.9 Å². The third-order valence-corrected chi connectivity index (χ3v) is 1.31. The van der Waals surface area contributed by atoms with Gasteiger partial charge in [0.15, 0.2) is 0 Å². The summed E-state index contributed by atoms with van der Waals surface area (Å²) in [7, 11) is 0. The summed E-state index contributed by atoms with van der Waals surface area (Å²) in [5.41, 5.74) is 6.97. The minimum absolute atomic E-state index is 0.225. The van der Waals surface area contributed by atoms with Crippen LogP contribution >= 0.6 is 0 Å². The van der Waals surface area contributed by atoms with Crippen molar-refractivity contribution in [2.24, 2.45) is 0 Å². The molecule has 0 aromatic heterocycles. The molecule has 0 radical (unpaired) electrons. The molecule has 2 heteroatoms. The highest BCUT2D eigenvalue weighted by atomic mass is 15.4. The van der Waals surface area contributed by atoms with Crippen LogP contribution in [0.5, 0.6) is 0 Å². The summed E-state index contributed by atoms with van der Waals surface area (Å²) >= 11 is 0. The van der Waals surface area contributed by atoms with Crippen molar-refractivity contribution in [1.82, 2.24) is 10.9 Å². The summed E-state index contributed by atoms with van der Waals surface area (Å²) in [6.45, 7) is 7.29. The van der Waals surface area contributed by atoms with Gasteiger partial charge in [0.2, 0.25) is 0 Å². The van der Waals surface area contributed by atoms with Crippen LogP contribution in [0, 0.1) is 0 Å². The molecule has 2 N–H and O–H groups in total. The summed E-state index contributed by atoms with van der Waals surface area (Å²) in [5, 5.41) is 0. The van der Waals surface area contributed by atoms with Crippen LogP contribution in [0.15, 0.2) is 37.1 Å². The van der Waals surface area contributed by atoms with E-state index in [1.807, 2.05) is 12.3 Å². The van der Waals surface area contributed by atoms with Crippen LogP contribution in [-0.4, -0.2) is 6.04 Å². The molecule has 1 aliphatic heterocycles. The van der Waals surface area contributed by atoms with Gasteiger partial charge in [0.25, 0.3) is 0 Å². The third-order valence-electron chi connectivity index (χ3n) is 1.31. The molecule has 0 fully saturated rings. The largest absolute Gasteiger partial charge is 0.328 e. The van der Waals surface area contributed by atoms with Crippen LogP contribution < -0.4 is 10.9 Å². The van der Waals surface area contributed by atoms with Gasteiger partial charge in [-0.1, -0.05) is 18.7 Å². The quantitative estimate of drug-likeness (QED) is 0.527. The lowest BCUT2D eigenvalue weighted by molar-refractivity contribution is 0.652. The van der Waals surface area contributed by atoms with Crippen molar-refractivity contribution in [3.63, 3.8) is 0 Å². The average molecular weight is 122 g/mol. The monoisotopic (exact) mass is 122 g/mol. The fourth-order valence-corrected chi connectivity index (χ4v) is 0.769. The topological polar surface area (TPSA) is 24.1 Å². The highest BCUT2D eigenvalue weighted by Crippen LogP contribution is 2.06. The van der Waals surface area contributed by atoms with E-state index in [1.54, 1.807) is 6.08 Å². The number of hydrogen-bond donors (Lipinski definition) is 2. The van der Waals surface area contributed by atoms with E-state index in [1.165, 1.54) is 0 Å². The summed E-state index contributed by atoms with van der Waals surface area (Å²) < 4.78 is 0. The predicted octanol–water partition coefficient (Wildman–Crippen LogP) is 0.719. The molecule has 1 aliphatic rings. The Balaban J connectivity index is 2.67. The highest BCUT2D eigenvalue weighted by molar-refractivity contribution is 5.29. The van der Waals surface area contributed by atoms with Crippen molar-refractivity contribution in [3.05, 3.63) is 37.1 Å². The Bertz CT molecular complexity index is 158. The lowest BCUT2D eigenvalue weighted by Gasteiger charge is -2.03. The van der Waals surface area contributed by atoms with E-state index in [0.29, 0.717) is 0 Å². The SMILES string of the molecule is C=CC1=CNNC1C=C. The van der Waals surface area contributed by atoms with Crippen molar-refractivity contribution in [2.75, 3.05) is 0 Å². The van der Waals surface area contributed by atoms with Crippen LogP contribution in [0.4, 0.5) is 0 Å². The second kappa shape index (κ2) is 2.51. The van der Waals surface area contributed by atoms with E-state index in [4.69, 9.17) is 0 Å². The zero-order valence-electron chi connectivity index (χ0n) is 5.22. The van der Waals surface area contributed by atoms with Crippen LogP contribution in [0.3, 0.4) is 0 Å². The van der Waals surface area contributed by atoms with Crippen LogP contribution in [-0.2, 0) is 0 Å². The zero-order valence-corrected chi connectivity index (χ0v) is 5.22. The average Bonchev–Trinajstić information content (AvgIpc) is 2.33. The van der Waals surface area contributed by atoms with Gasteiger partial charge in [-0.25, -0.2) is 5.43 Å². The summed E-state index contributed by atoms with van der Waals surface area (Å²) in [4.78, 5) is 0. The van der Waals surface area contributed by atoms with Crippen molar-refractivity contribution >= 4 is 0 Å². The molecule has 1 rings (SSSR count). The molecule has 0 aromatic rings. The molecule has 1 atom stereocenters. The number of nitrogens with one attached hydrogen (secondary N) is 2. The molecule has 1 heterocycles. The first kappa shape index (κ1) is 6.11. The van der Waals surface area contributed by atoms with Gasteiger partial charge in [0.1, 0.15) is 0 Å². The van der Waals surface area contributed by atoms with Gasteiger partial charge in [-0.2, -0.15) is 0 Å². The molecule has 2 nitrogen and oxygen atoms in total. The molecule has 0 bridgehead atoms. The zero-order chi connectivity index (χ0) is 6.69. The van der Waals surface area contributed by atoms with E-state index in [2.05, 4.69) is 24.0 Å². The minimum Gasteiger partial charge on any atom is -0.328 e. The summed E-state index contributed by atoms with van der Waals surface area (Å²) in [5.74, 6) is 0. The van der Waals surface area contributed by atoms with Crippen LogP contribution in [0.2, 0.25) is 0 Å². The number of hydrazine groups is 1. The summed E-state index contributed by atoms with van der Waals surface area (Å²) in [6.07, 6.45) is 5.51. The van der Waals surface area contributed by atoms with Gasteiger partial charge in [0, 0.05) is 6.20 Å². The van der Waals surface area contributed by atoms with Gasteiger partial charge in [0.05, 0.1) is 6.04 Å². The maximum Gasteiger partial charge on any atom is 0.0702 e. The van der Waals surface area contributed by atoms with Crippen LogP contribution in [0.1, 0.15) is 0 Å². The molecule has 0 amide bonds. The fraction of sp³-hybridized carbons (Fsp3) is 0.143. The van der Waals surface area contributed by atoms with E-state index in [-0.39, 0.29) is 6.04 Å². The standard InChI is InChI=1S/C7H10N2/c1-3-6-5-8-9-7(6)4-2/h3-5,7-9H,1-2H2. The van der Waals surface area contributed by atoms with Gasteiger partial charge in [-0.15, -0.1) is 6.58 Å². The normalized spacial score (nSPS) is 24.4. The molecule has 0 aromatic carbocycles. The highest BCUT2D eigenvalue weighted by Gasteiger charge is 2.10. The van der Waals surface area contributed by atoms with Gasteiger partial charge in [-0.3, -0.25) is 0 Å². The van der Waals surface area contributed by atoms with Gasteiger partial charge < -0.3 is 5.43 Å². The number of hydrogen-bond acceptors (Lipinski definition) is 2. The molecule has 0 saturated carbocycles. The second-order valence-electron chi connectivity index (χ2n) is 1.85. The molecule has 9 heavy (non-hydrogen) atoms. The number of rotatable bonds is 2. The Morgan fingerprint density at radius 1 is 1.56 bits per heavy atom. The molecule has 0 spiro atoms. The van der Waals surface area contributed by atoms with Crippen LogP contribution in [0.25, 0.3) is 0 Å². The second-order valence-corrected chi connectivity index (χ2v) is 1.85. The fourth-order valence-electron chi connectivity index (χ4n) is 0.769. The molecule has 1 unspecified atom stereocenters. The maximum atomic E-state index is 3.65. The lowest BCUT2D eigenvalue weighted by Crippen LogP contribution is -2.29. The smallest absolute Gasteiger partial charge is 0.0702 e. The summed E-state index contributed by atoms with van der Waals surface area (Å²) in [6, 6.07) is 0.225. The van der Waals surface area contributed by atoms with Crippen molar-refractivity contribution in [2.45, 2.75) is 6.04 Å². The molecule has 48 valence electrons. The van der Waals surface area contributed by atoms with Crippen molar-refractivity contribution in [1.29, 1.82) is 0 Å². The predicted molar refractivity (Wildman–Crippen MR) is 38.5 cm³/mol. The van der Waals surface area contributed by atoms with E-state index >= 15 is 0 Å². The first-order chi connectivity index (χ1) is 4.38. The Morgan fingerprint density at radius 2 is 2.33 bits per heavy atom. The van der Waals surface area contributed by atoms with E-state index in [9.17, 15) is 0 Å². The molecular weight excluding hydrogens is 112 g/mol. The van der Waals surface area contributed by atoms with Crippen molar-refractivity contribution in [3.8, 4) is 0 Å². The maximum absolute atomic E-state index is 3.65. The third kappa shape index (κ3) is 1.03. The lowest BCUT2D eigenvalue weighted by atomic mass is 10.1. The van der Waals surface area contributed by atoms with Gasteiger partial charge in [-0.05, 0) is 5.57 Å². The van der Waals surface area contributed by atoms with E-state index < -0.39 is 0 Å². The molecule has 0 saturated heterocycles. The Hall–Kier alpha value is -1.02. The Kier molecular flexibility index (Phi) is 1.70. The van der Waals surface area contributed by atoms with Gasteiger partial charge >= 0.3 is 0 Å². The Morgan fingerprint density at radius 3 is 2.78 bits per heavy atom. The van der Waals surface area contributed by atoms with E-state index in [0.717, 1.165) is 5.57 Å². The van der Waals surface area contributed by atoms with Crippen molar-refractivity contribution < 1.29 is 0 Å². The molecule has 0 aliphatic carbocycles. The first-order valence-electron chi connectivity index (χ1n) is 2.84. The molecular formula is C7H10N2. The first-order valence-corrected chi connectivity index (χ1v) is 2.84.